The molecule has 0 fully saturated rings. The molecule has 4 heteroatoms. The Balaban J connectivity index is 2.18. The van der Waals surface area contributed by atoms with Gasteiger partial charge in [0.25, 0.3) is 0 Å². The van der Waals surface area contributed by atoms with Crippen LogP contribution in [0.2, 0.25) is 0 Å². The van der Waals surface area contributed by atoms with Gasteiger partial charge in [-0.15, -0.1) is 0 Å². The van der Waals surface area contributed by atoms with Crippen molar-refractivity contribution < 1.29 is 0 Å². The number of aromatic nitrogens is 2. The first-order valence-corrected chi connectivity index (χ1v) is 6.69. The van der Waals surface area contributed by atoms with E-state index >= 15 is 0 Å². The number of anilines is 1. The number of nitrogens with zero attached hydrogens (tertiary/aromatic N) is 3. The van der Waals surface area contributed by atoms with Crippen molar-refractivity contribution in [3.8, 4) is 0 Å². The summed E-state index contributed by atoms with van der Waals surface area (Å²) in [6.45, 7) is 5.41. The third-order valence-electron chi connectivity index (χ3n) is 3.15. The van der Waals surface area contributed by atoms with E-state index in [1.54, 1.807) is 0 Å². The van der Waals surface area contributed by atoms with Crippen molar-refractivity contribution >= 4 is 16.9 Å². The van der Waals surface area contributed by atoms with Crippen molar-refractivity contribution in [1.82, 2.24) is 14.9 Å². The maximum atomic E-state index is 4.61. The molecular formula is C15H22N4. The summed E-state index contributed by atoms with van der Waals surface area (Å²) in [5.41, 5.74) is 1.86. The first-order valence-electron chi connectivity index (χ1n) is 6.69. The van der Waals surface area contributed by atoms with Gasteiger partial charge in [-0.25, -0.2) is 4.98 Å². The Morgan fingerprint density at radius 1 is 1.16 bits per heavy atom. The molecule has 0 spiro atoms. The average molecular weight is 258 g/mol. The lowest BCUT2D eigenvalue weighted by atomic mass is 10.0. The Bertz CT molecular complexity index is 536. The second kappa shape index (κ2) is 5.97. The molecule has 1 N–H and O–H groups in total. The topological polar surface area (TPSA) is 41.0 Å². The summed E-state index contributed by atoms with van der Waals surface area (Å²) in [6.07, 6.45) is 1.81. The molecule has 2 aromatic rings. The van der Waals surface area contributed by atoms with Gasteiger partial charge in [-0.05, 0) is 32.1 Å². The molecule has 0 aliphatic rings. The van der Waals surface area contributed by atoms with Crippen molar-refractivity contribution in [2.45, 2.75) is 19.9 Å². The summed E-state index contributed by atoms with van der Waals surface area (Å²) in [7, 11) is 4.17. The van der Waals surface area contributed by atoms with Crippen molar-refractivity contribution in [2.75, 3.05) is 26.0 Å². The van der Waals surface area contributed by atoms with Crippen molar-refractivity contribution in [3.05, 3.63) is 30.5 Å². The molecule has 1 aromatic heterocycles. The minimum atomic E-state index is 0.366. The van der Waals surface area contributed by atoms with Gasteiger partial charge in [0.15, 0.2) is 0 Å². The quantitative estimate of drug-likeness (QED) is 0.895. The molecule has 4 nitrogen and oxygen atoms in total. The van der Waals surface area contributed by atoms with E-state index in [2.05, 4.69) is 48.1 Å². The van der Waals surface area contributed by atoms with Gasteiger partial charge in [-0.1, -0.05) is 26.0 Å². The minimum absolute atomic E-state index is 0.366. The first kappa shape index (κ1) is 13.7. The van der Waals surface area contributed by atoms with Gasteiger partial charge in [-0.2, -0.15) is 0 Å². The highest BCUT2D eigenvalue weighted by Gasteiger charge is 2.14. The molecule has 1 aromatic carbocycles. The number of fused-ring (bicyclic) bond motifs is 1. The van der Waals surface area contributed by atoms with Gasteiger partial charge in [0, 0.05) is 12.6 Å². The van der Waals surface area contributed by atoms with Crippen LogP contribution in [0.1, 0.15) is 13.8 Å². The smallest absolute Gasteiger partial charge is 0.145 e. The maximum Gasteiger partial charge on any atom is 0.145 e. The second-order valence-electron chi connectivity index (χ2n) is 5.50. The maximum absolute atomic E-state index is 4.61. The Hall–Kier alpha value is -1.68. The largest absolute Gasteiger partial charge is 0.364 e. The van der Waals surface area contributed by atoms with E-state index < -0.39 is 0 Å². The molecule has 2 rings (SSSR count). The number of likely N-dealkylation sites (N-methyl/N-ethyl adjacent to an activating group) is 1. The summed E-state index contributed by atoms with van der Waals surface area (Å²) in [5.74, 6) is 1.38. The van der Waals surface area contributed by atoms with E-state index in [0.717, 1.165) is 23.4 Å². The lowest BCUT2D eigenvalue weighted by Crippen LogP contribution is -2.36. The van der Waals surface area contributed by atoms with Crippen LogP contribution in [0, 0.1) is 5.92 Å². The number of benzene rings is 1. The molecule has 1 atom stereocenters. The highest BCUT2D eigenvalue weighted by atomic mass is 15.1. The van der Waals surface area contributed by atoms with E-state index in [9.17, 15) is 0 Å². The lowest BCUT2D eigenvalue weighted by Gasteiger charge is -2.26. The summed E-state index contributed by atoms with van der Waals surface area (Å²) >= 11 is 0. The Kier molecular flexibility index (Phi) is 4.32. The molecule has 0 bridgehead atoms. The molecule has 0 saturated heterocycles. The van der Waals surface area contributed by atoms with Crippen molar-refractivity contribution in [1.29, 1.82) is 0 Å². The van der Waals surface area contributed by atoms with Crippen LogP contribution >= 0.6 is 0 Å². The van der Waals surface area contributed by atoms with Gasteiger partial charge in [-0.3, -0.25) is 4.98 Å². The Morgan fingerprint density at radius 2 is 1.84 bits per heavy atom. The number of para-hydroxylation sites is 2. The fourth-order valence-electron chi connectivity index (χ4n) is 2.03. The molecule has 0 aliphatic carbocycles. The van der Waals surface area contributed by atoms with Crippen LogP contribution in [-0.4, -0.2) is 41.5 Å². The second-order valence-corrected chi connectivity index (χ2v) is 5.50. The molecular weight excluding hydrogens is 236 g/mol. The van der Waals surface area contributed by atoms with Crippen LogP contribution in [0.3, 0.4) is 0 Å². The zero-order valence-electron chi connectivity index (χ0n) is 12.1. The normalized spacial score (nSPS) is 13.2. The monoisotopic (exact) mass is 258 g/mol. The molecule has 0 amide bonds. The first-order chi connectivity index (χ1) is 9.06. The predicted octanol–water partition coefficient (Wildman–Crippen LogP) is 2.63. The number of rotatable bonds is 5. The van der Waals surface area contributed by atoms with E-state index in [1.807, 2.05) is 30.5 Å². The van der Waals surface area contributed by atoms with Crippen LogP contribution in [0.4, 0.5) is 5.82 Å². The Morgan fingerprint density at radius 3 is 2.47 bits per heavy atom. The number of hydrogen-bond donors (Lipinski definition) is 1. The number of hydrogen-bond acceptors (Lipinski definition) is 4. The van der Waals surface area contributed by atoms with E-state index in [4.69, 9.17) is 0 Å². The predicted molar refractivity (Wildman–Crippen MR) is 80.3 cm³/mol. The van der Waals surface area contributed by atoms with Crippen LogP contribution < -0.4 is 5.32 Å². The average Bonchev–Trinajstić information content (AvgIpc) is 2.37. The fourth-order valence-corrected chi connectivity index (χ4v) is 2.03. The van der Waals surface area contributed by atoms with Crippen LogP contribution in [-0.2, 0) is 0 Å². The standard InChI is InChI=1S/C15H22N4/c1-11(2)14(10-19(3)4)18-15-9-16-12-7-5-6-8-13(12)17-15/h5-9,11,14H,10H2,1-4H3,(H,17,18). The van der Waals surface area contributed by atoms with E-state index in [-0.39, 0.29) is 0 Å². The van der Waals surface area contributed by atoms with Crippen molar-refractivity contribution in [2.24, 2.45) is 5.92 Å². The zero-order chi connectivity index (χ0) is 13.8. The van der Waals surface area contributed by atoms with E-state index in [0.29, 0.717) is 12.0 Å². The zero-order valence-corrected chi connectivity index (χ0v) is 12.1. The molecule has 102 valence electrons. The molecule has 0 aliphatic heterocycles. The minimum Gasteiger partial charge on any atom is -0.364 e. The van der Waals surface area contributed by atoms with Gasteiger partial charge < -0.3 is 10.2 Å². The third kappa shape index (κ3) is 3.64. The van der Waals surface area contributed by atoms with Crippen LogP contribution in [0.25, 0.3) is 11.0 Å². The third-order valence-corrected chi connectivity index (χ3v) is 3.15. The summed E-state index contributed by atoms with van der Waals surface area (Å²) in [4.78, 5) is 11.2. The van der Waals surface area contributed by atoms with Gasteiger partial charge in [0.2, 0.25) is 0 Å². The van der Waals surface area contributed by atoms with Crippen LogP contribution in [0.15, 0.2) is 30.5 Å². The molecule has 19 heavy (non-hydrogen) atoms. The van der Waals surface area contributed by atoms with E-state index in [1.165, 1.54) is 0 Å². The fraction of sp³-hybridized carbons (Fsp3) is 0.467. The van der Waals surface area contributed by atoms with Gasteiger partial charge >= 0.3 is 0 Å². The Labute approximate surface area is 114 Å². The highest BCUT2D eigenvalue weighted by molar-refractivity contribution is 5.75. The highest BCUT2D eigenvalue weighted by Crippen LogP contribution is 2.14. The molecule has 1 heterocycles. The molecule has 0 radical (unpaired) electrons. The number of nitrogens with one attached hydrogen (secondary N) is 1. The summed E-state index contributed by atoms with van der Waals surface area (Å²) in [5, 5.41) is 3.49. The molecule has 1 unspecified atom stereocenters. The SMILES string of the molecule is CC(C)C(CN(C)C)Nc1cnc2ccccc2n1. The molecule has 0 saturated carbocycles. The van der Waals surface area contributed by atoms with Gasteiger partial charge in [0.1, 0.15) is 5.82 Å². The van der Waals surface area contributed by atoms with Crippen molar-refractivity contribution in [3.63, 3.8) is 0 Å². The lowest BCUT2D eigenvalue weighted by molar-refractivity contribution is 0.344. The van der Waals surface area contributed by atoms with Crippen LogP contribution in [0.5, 0.6) is 0 Å². The summed E-state index contributed by atoms with van der Waals surface area (Å²) in [6, 6.07) is 8.30. The summed E-state index contributed by atoms with van der Waals surface area (Å²) < 4.78 is 0. The van der Waals surface area contributed by atoms with Gasteiger partial charge in [0.05, 0.1) is 17.2 Å².